The van der Waals surface area contributed by atoms with Crippen LogP contribution in [0.3, 0.4) is 0 Å². The molecule has 1 amide bonds. The number of hydrogen-bond donors (Lipinski definition) is 1. The third kappa shape index (κ3) is 3.86. The van der Waals surface area contributed by atoms with Crippen LogP contribution in [0.1, 0.15) is 21.5 Å². The molecule has 0 aliphatic carbocycles. The minimum absolute atomic E-state index is 0.196. The Morgan fingerprint density at radius 2 is 1.93 bits per heavy atom. The van der Waals surface area contributed by atoms with E-state index >= 15 is 0 Å². The molecular formula is C18H13F3N4O2. The maximum atomic E-state index is 12.9. The summed E-state index contributed by atoms with van der Waals surface area (Å²) in [6.07, 6.45) is 1.11. The topological polar surface area (TPSA) is 76.3 Å². The van der Waals surface area contributed by atoms with Gasteiger partial charge in [0.05, 0.1) is 17.3 Å². The van der Waals surface area contributed by atoms with Gasteiger partial charge in [-0.25, -0.2) is 5.43 Å². The summed E-state index contributed by atoms with van der Waals surface area (Å²) < 4.78 is 40.2. The zero-order chi connectivity index (χ0) is 19.6. The fourth-order valence-electron chi connectivity index (χ4n) is 2.51. The van der Waals surface area contributed by atoms with E-state index in [0.717, 1.165) is 12.1 Å². The van der Waals surface area contributed by atoms with Gasteiger partial charge in [-0.15, -0.1) is 0 Å². The van der Waals surface area contributed by atoms with Gasteiger partial charge in [-0.2, -0.15) is 18.3 Å². The second-order valence-electron chi connectivity index (χ2n) is 5.69. The molecule has 2 heterocycles. The lowest BCUT2D eigenvalue weighted by Gasteiger charge is -2.11. The number of nitrogens with one attached hydrogen (secondary N) is 1. The number of benzene rings is 1. The summed E-state index contributed by atoms with van der Waals surface area (Å²) in [5.74, 6) is -0.819. The van der Waals surface area contributed by atoms with Gasteiger partial charge in [0.2, 0.25) is 5.43 Å². The van der Waals surface area contributed by atoms with E-state index < -0.39 is 23.1 Å². The molecule has 0 saturated heterocycles. The quantitative estimate of drug-likeness (QED) is 0.566. The first-order valence-electron chi connectivity index (χ1n) is 7.71. The summed E-state index contributed by atoms with van der Waals surface area (Å²) in [5.41, 5.74) is 1.09. The number of carbonyl (C=O) groups excluding carboxylic acids is 1. The van der Waals surface area contributed by atoms with E-state index in [0.29, 0.717) is 5.56 Å². The van der Waals surface area contributed by atoms with E-state index in [1.165, 1.54) is 30.1 Å². The van der Waals surface area contributed by atoms with E-state index in [1.54, 1.807) is 24.5 Å². The highest BCUT2D eigenvalue weighted by atomic mass is 19.4. The van der Waals surface area contributed by atoms with Crippen LogP contribution in [0.5, 0.6) is 0 Å². The second kappa shape index (κ2) is 7.02. The maximum Gasteiger partial charge on any atom is 0.416 e. The first-order chi connectivity index (χ1) is 12.8. The Kier molecular flexibility index (Phi) is 4.76. The molecule has 0 unspecified atom stereocenters. The Hall–Kier alpha value is -3.49. The van der Waals surface area contributed by atoms with Crippen molar-refractivity contribution >= 4 is 23.0 Å². The highest BCUT2D eigenvalue weighted by molar-refractivity contribution is 5.97. The standard InChI is InChI=1S/C18H13F3N4O2/c1-25-10-14(17(27)24-23-9-11-4-6-22-7-5-11)16(26)13-8-12(18(19,20)21)2-3-15(13)25/h2-10H,1H3,(H,24,27)/b23-9+. The Bertz CT molecular complexity index is 1090. The molecule has 0 aliphatic heterocycles. The molecule has 2 aromatic heterocycles. The fraction of sp³-hybridized carbons (Fsp3) is 0.111. The van der Waals surface area contributed by atoms with Gasteiger partial charge in [-0.1, -0.05) is 0 Å². The van der Waals surface area contributed by atoms with E-state index in [-0.39, 0.29) is 16.5 Å². The number of amides is 1. The van der Waals surface area contributed by atoms with Crippen molar-refractivity contribution in [1.82, 2.24) is 15.0 Å². The first-order valence-corrected chi connectivity index (χ1v) is 7.71. The van der Waals surface area contributed by atoms with E-state index in [9.17, 15) is 22.8 Å². The van der Waals surface area contributed by atoms with Crippen LogP contribution in [0.4, 0.5) is 13.2 Å². The summed E-state index contributed by atoms with van der Waals surface area (Å²) in [6.45, 7) is 0. The molecule has 27 heavy (non-hydrogen) atoms. The average molecular weight is 374 g/mol. The molecule has 0 spiro atoms. The van der Waals surface area contributed by atoms with Gasteiger partial charge < -0.3 is 4.57 Å². The molecule has 3 aromatic rings. The van der Waals surface area contributed by atoms with Gasteiger partial charge in [0.25, 0.3) is 5.91 Å². The number of alkyl halides is 3. The molecule has 138 valence electrons. The van der Waals surface area contributed by atoms with Crippen molar-refractivity contribution in [3.8, 4) is 0 Å². The molecule has 6 nitrogen and oxygen atoms in total. The summed E-state index contributed by atoms with van der Waals surface area (Å²) in [6, 6.07) is 6.14. The number of halogens is 3. The third-order valence-corrected chi connectivity index (χ3v) is 3.85. The average Bonchev–Trinajstić information content (AvgIpc) is 2.64. The number of aromatic nitrogens is 2. The highest BCUT2D eigenvalue weighted by Gasteiger charge is 2.31. The van der Waals surface area contributed by atoms with Crippen LogP contribution in [0.2, 0.25) is 0 Å². The minimum Gasteiger partial charge on any atom is -0.350 e. The maximum absolute atomic E-state index is 12.9. The lowest BCUT2D eigenvalue weighted by molar-refractivity contribution is -0.137. The van der Waals surface area contributed by atoms with Gasteiger partial charge >= 0.3 is 6.18 Å². The Morgan fingerprint density at radius 1 is 1.22 bits per heavy atom. The largest absolute Gasteiger partial charge is 0.416 e. The summed E-state index contributed by atoms with van der Waals surface area (Å²) >= 11 is 0. The van der Waals surface area contributed by atoms with Gasteiger partial charge in [-0.05, 0) is 35.9 Å². The van der Waals surface area contributed by atoms with Crippen LogP contribution < -0.4 is 10.9 Å². The van der Waals surface area contributed by atoms with Crippen molar-refractivity contribution < 1.29 is 18.0 Å². The SMILES string of the molecule is Cn1cc(C(=O)N/N=C/c2ccncc2)c(=O)c2cc(C(F)(F)F)ccc21. The first kappa shape index (κ1) is 18.3. The third-order valence-electron chi connectivity index (χ3n) is 3.85. The molecule has 0 bridgehead atoms. The van der Waals surface area contributed by atoms with Crippen molar-refractivity contribution in [2.75, 3.05) is 0 Å². The van der Waals surface area contributed by atoms with E-state index in [2.05, 4.69) is 15.5 Å². The van der Waals surface area contributed by atoms with Crippen LogP contribution in [-0.4, -0.2) is 21.7 Å². The molecule has 0 fully saturated rings. The second-order valence-corrected chi connectivity index (χ2v) is 5.69. The van der Waals surface area contributed by atoms with E-state index in [1.807, 2.05) is 0 Å². The summed E-state index contributed by atoms with van der Waals surface area (Å²) in [7, 11) is 1.53. The summed E-state index contributed by atoms with van der Waals surface area (Å²) in [4.78, 5) is 28.6. The van der Waals surface area contributed by atoms with Crippen molar-refractivity contribution in [1.29, 1.82) is 0 Å². The molecule has 0 atom stereocenters. The number of aryl methyl sites for hydroxylation is 1. The highest BCUT2D eigenvalue weighted by Crippen LogP contribution is 2.30. The zero-order valence-electron chi connectivity index (χ0n) is 14.0. The van der Waals surface area contributed by atoms with Gasteiger partial charge in [-0.3, -0.25) is 14.6 Å². The van der Waals surface area contributed by atoms with Crippen molar-refractivity contribution in [2.24, 2.45) is 12.1 Å². The number of carbonyl (C=O) groups is 1. The van der Waals surface area contributed by atoms with Gasteiger partial charge in [0, 0.05) is 31.0 Å². The Labute approximate surface area is 151 Å². The monoisotopic (exact) mass is 374 g/mol. The molecule has 1 aromatic carbocycles. The number of hydrazone groups is 1. The van der Waals surface area contributed by atoms with Crippen LogP contribution in [0, 0.1) is 0 Å². The van der Waals surface area contributed by atoms with Gasteiger partial charge in [0.15, 0.2) is 0 Å². The lowest BCUT2D eigenvalue weighted by atomic mass is 10.1. The normalized spacial score (nSPS) is 11.9. The molecular weight excluding hydrogens is 361 g/mol. The van der Waals surface area contributed by atoms with Crippen LogP contribution in [0.25, 0.3) is 10.9 Å². The number of fused-ring (bicyclic) bond motifs is 1. The molecule has 3 rings (SSSR count). The fourth-order valence-corrected chi connectivity index (χ4v) is 2.51. The number of pyridine rings is 2. The predicted octanol–water partition coefficient (Wildman–Crippen LogP) is 2.72. The predicted molar refractivity (Wildman–Crippen MR) is 93.5 cm³/mol. The molecule has 9 heteroatoms. The lowest BCUT2D eigenvalue weighted by Crippen LogP contribution is -2.26. The number of hydrogen-bond acceptors (Lipinski definition) is 4. The number of nitrogens with zero attached hydrogens (tertiary/aromatic N) is 3. The van der Waals surface area contributed by atoms with Crippen LogP contribution >= 0.6 is 0 Å². The molecule has 0 saturated carbocycles. The van der Waals surface area contributed by atoms with Crippen molar-refractivity contribution in [3.05, 3.63) is 75.8 Å². The molecule has 1 N–H and O–H groups in total. The van der Waals surface area contributed by atoms with Gasteiger partial charge in [0.1, 0.15) is 5.56 Å². The summed E-state index contributed by atoms with van der Waals surface area (Å²) in [5, 5.41) is 3.55. The van der Waals surface area contributed by atoms with Crippen LogP contribution in [-0.2, 0) is 13.2 Å². The van der Waals surface area contributed by atoms with E-state index in [4.69, 9.17) is 0 Å². The minimum atomic E-state index is -4.59. The van der Waals surface area contributed by atoms with Crippen LogP contribution in [0.15, 0.2) is 58.8 Å². The Balaban J connectivity index is 1.96. The zero-order valence-corrected chi connectivity index (χ0v) is 14.0. The number of rotatable bonds is 3. The molecule has 0 aliphatic rings. The Morgan fingerprint density at radius 3 is 2.59 bits per heavy atom. The smallest absolute Gasteiger partial charge is 0.350 e. The van der Waals surface area contributed by atoms with Crippen molar-refractivity contribution in [2.45, 2.75) is 6.18 Å². The molecule has 0 radical (unpaired) electrons. The van der Waals surface area contributed by atoms with Crippen molar-refractivity contribution in [3.63, 3.8) is 0 Å².